The van der Waals surface area contributed by atoms with E-state index in [1.165, 1.54) is 37.7 Å². The molecule has 0 aliphatic carbocycles. The topological polar surface area (TPSA) is 21.3 Å². The Hall–Kier alpha value is -0.860. The third-order valence-electron chi connectivity index (χ3n) is 3.58. The molecule has 108 valence electrons. The minimum absolute atomic E-state index is 0.165. The predicted molar refractivity (Wildman–Crippen MR) is 82.4 cm³/mol. The first-order chi connectivity index (χ1) is 9.33. The fourth-order valence-corrected chi connectivity index (χ4v) is 2.51. The van der Waals surface area contributed by atoms with Crippen LogP contribution < -0.4 is 5.32 Å². The second kappa shape index (κ2) is 9.99. The summed E-state index contributed by atoms with van der Waals surface area (Å²) in [5.41, 5.74) is 1.28. The lowest BCUT2D eigenvalue weighted by Crippen LogP contribution is -2.33. The lowest BCUT2D eigenvalue weighted by atomic mass is 9.97. The molecule has 0 aliphatic rings. The van der Waals surface area contributed by atoms with Gasteiger partial charge in [-0.05, 0) is 26.0 Å². The fraction of sp³-hybridized carbons (Fsp3) is 0.647. The van der Waals surface area contributed by atoms with Crippen molar-refractivity contribution in [3.05, 3.63) is 35.9 Å². The van der Waals surface area contributed by atoms with Crippen molar-refractivity contribution in [3.63, 3.8) is 0 Å². The van der Waals surface area contributed by atoms with Gasteiger partial charge in [0.15, 0.2) is 0 Å². The van der Waals surface area contributed by atoms with Gasteiger partial charge in [0.05, 0.1) is 6.10 Å². The van der Waals surface area contributed by atoms with Gasteiger partial charge in [-0.15, -0.1) is 0 Å². The molecule has 0 fully saturated rings. The monoisotopic (exact) mass is 263 g/mol. The summed E-state index contributed by atoms with van der Waals surface area (Å²) in [5.74, 6) is 0. The maximum absolute atomic E-state index is 5.98. The van der Waals surface area contributed by atoms with E-state index in [1.54, 1.807) is 0 Å². The molecule has 0 aliphatic heterocycles. The van der Waals surface area contributed by atoms with E-state index in [9.17, 15) is 0 Å². The van der Waals surface area contributed by atoms with Gasteiger partial charge in [-0.2, -0.15) is 0 Å². The van der Waals surface area contributed by atoms with Crippen LogP contribution in [0.4, 0.5) is 0 Å². The number of ether oxygens (including phenoxy) is 1. The van der Waals surface area contributed by atoms with Crippen LogP contribution in [0.2, 0.25) is 0 Å². The van der Waals surface area contributed by atoms with Crippen LogP contribution in [0.1, 0.15) is 57.6 Å². The van der Waals surface area contributed by atoms with Crippen molar-refractivity contribution in [3.8, 4) is 0 Å². The van der Waals surface area contributed by atoms with Gasteiger partial charge in [-0.1, -0.05) is 62.9 Å². The molecule has 0 radical (unpaired) electrons. The summed E-state index contributed by atoms with van der Waals surface area (Å²) in [6.45, 7) is 5.08. The van der Waals surface area contributed by atoms with Crippen molar-refractivity contribution in [1.29, 1.82) is 0 Å². The summed E-state index contributed by atoms with van der Waals surface area (Å²) in [6.07, 6.45) is 6.56. The predicted octanol–water partition coefficient (Wildman–Crippen LogP) is 4.32. The Balaban J connectivity index is 2.61. The Morgan fingerprint density at radius 2 is 1.79 bits per heavy atom. The summed E-state index contributed by atoms with van der Waals surface area (Å²) >= 11 is 0. The van der Waals surface area contributed by atoms with Gasteiger partial charge in [-0.25, -0.2) is 0 Å². The molecule has 2 nitrogen and oxygen atoms in total. The Kier molecular flexibility index (Phi) is 8.52. The Labute approximate surface area is 118 Å². The van der Waals surface area contributed by atoms with E-state index in [0.29, 0.717) is 6.04 Å². The van der Waals surface area contributed by atoms with Crippen LogP contribution in [-0.2, 0) is 4.74 Å². The number of unbranched alkanes of at least 4 members (excludes halogenated alkanes) is 3. The zero-order valence-electron chi connectivity index (χ0n) is 12.7. The first kappa shape index (κ1) is 16.2. The summed E-state index contributed by atoms with van der Waals surface area (Å²) < 4.78 is 5.98. The molecule has 0 saturated heterocycles. The quantitative estimate of drug-likeness (QED) is 0.635. The minimum atomic E-state index is 0.165. The number of hydrogen-bond acceptors (Lipinski definition) is 2. The second-order valence-electron chi connectivity index (χ2n) is 5.03. The SMILES string of the molecule is CCCCCCC(NC)C(OCC)c1ccccc1. The molecule has 0 aromatic heterocycles. The number of likely N-dealkylation sites (N-methyl/N-ethyl adjacent to an activating group) is 1. The molecule has 2 unspecified atom stereocenters. The highest BCUT2D eigenvalue weighted by molar-refractivity contribution is 5.19. The molecule has 0 bridgehead atoms. The van der Waals surface area contributed by atoms with E-state index in [1.807, 2.05) is 7.05 Å². The highest BCUT2D eigenvalue weighted by atomic mass is 16.5. The zero-order chi connectivity index (χ0) is 13.9. The van der Waals surface area contributed by atoms with E-state index in [4.69, 9.17) is 4.74 Å². The van der Waals surface area contributed by atoms with Crippen LogP contribution in [0.25, 0.3) is 0 Å². The smallest absolute Gasteiger partial charge is 0.0977 e. The van der Waals surface area contributed by atoms with Gasteiger partial charge < -0.3 is 10.1 Å². The molecule has 1 aromatic carbocycles. The summed E-state index contributed by atoms with van der Waals surface area (Å²) in [5, 5.41) is 3.44. The molecule has 0 heterocycles. The average Bonchev–Trinajstić information content (AvgIpc) is 2.47. The summed E-state index contributed by atoms with van der Waals surface area (Å²) in [6, 6.07) is 11.0. The summed E-state index contributed by atoms with van der Waals surface area (Å²) in [7, 11) is 2.04. The van der Waals surface area contributed by atoms with Crippen LogP contribution in [-0.4, -0.2) is 19.7 Å². The van der Waals surface area contributed by atoms with E-state index in [0.717, 1.165) is 6.61 Å². The molecule has 2 atom stereocenters. The molecule has 1 N–H and O–H groups in total. The van der Waals surface area contributed by atoms with Crippen molar-refractivity contribution in [2.24, 2.45) is 0 Å². The molecule has 0 saturated carbocycles. The average molecular weight is 263 g/mol. The first-order valence-electron chi connectivity index (χ1n) is 7.67. The van der Waals surface area contributed by atoms with E-state index in [2.05, 4.69) is 49.5 Å². The number of nitrogens with one attached hydrogen (secondary N) is 1. The molecule has 1 rings (SSSR count). The van der Waals surface area contributed by atoms with Crippen molar-refractivity contribution in [1.82, 2.24) is 5.32 Å². The van der Waals surface area contributed by atoms with E-state index >= 15 is 0 Å². The third-order valence-corrected chi connectivity index (χ3v) is 3.58. The van der Waals surface area contributed by atoms with Gasteiger partial charge in [0, 0.05) is 12.6 Å². The highest BCUT2D eigenvalue weighted by Gasteiger charge is 2.21. The van der Waals surface area contributed by atoms with Crippen LogP contribution in [0.15, 0.2) is 30.3 Å². The van der Waals surface area contributed by atoms with Gasteiger partial charge in [0.2, 0.25) is 0 Å². The van der Waals surface area contributed by atoms with Gasteiger partial charge in [-0.3, -0.25) is 0 Å². The lowest BCUT2D eigenvalue weighted by molar-refractivity contribution is 0.0322. The zero-order valence-corrected chi connectivity index (χ0v) is 12.7. The summed E-state index contributed by atoms with van der Waals surface area (Å²) in [4.78, 5) is 0. The maximum Gasteiger partial charge on any atom is 0.0977 e. The highest BCUT2D eigenvalue weighted by Crippen LogP contribution is 2.24. The largest absolute Gasteiger partial charge is 0.372 e. The third kappa shape index (κ3) is 5.75. The van der Waals surface area contributed by atoms with E-state index < -0.39 is 0 Å². The van der Waals surface area contributed by atoms with Gasteiger partial charge in [0.1, 0.15) is 0 Å². The van der Waals surface area contributed by atoms with Crippen LogP contribution >= 0.6 is 0 Å². The van der Waals surface area contributed by atoms with Crippen molar-refractivity contribution >= 4 is 0 Å². The molecule has 1 aromatic rings. The number of benzene rings is 1. The van der Waals surface area contributed by atoms with Crippen LogP contribution in [0.5, 0.6) is 0 Å². The van der Waals surface area contributed by atoms with Gasteiger partial charge >= 0.3 is 0 Å². The Morgan fingerprint density at radius 3 is 2.37 bits per heavy atom. The Morgan fingerprint density at radius 1 is 1.05 bits per heavy atom. The van der Waals surface area contributed by atoms with Gasteiger partial charge in [0.25, 0.3) is 0 Å². The molecular formula is C17H29NO. The first-order valence-corrected chi connectivity index (χ1v) is 7.67. The minimum Gasteiger partial charge on any atom is -0.372 e. The van der Waals surface area contributed by atoms with Crippen molar-refractivity contribution in [2.45, 2.75) is 58.1 Å². The Bertz CT molecular complexity index is 312. The molecule has 2 heteroatoms. The molecular weight excluding hydrogens is 234 g/mol. The maximum atomic E-state index is 5.98. The number of rotatable bonds is 10. The van der Waals surface area contributed by atoms with Crippen LogP contribution in [0, 0.1) is 0 Å². The normalized spacial score (nSPS) is 14.3. The molecule has 19 heavy (non-hydrogen) atoms. The van der Waals surface area contributed by atoms with Crippen molar-refractivity contribution < 1.29 is 4.74 Å². The van der Waals surface area contributed by atoms with Crippen LogP contribution in [0.3, 0.4) is 0 Å². The molecule has 0 amide bonds. The number of hydrogen-bond donors (Lipinski definition) is 1. The fourth-order valence-electron chi connectivity index (χ4n) is 2.51. The lowest BCUT2D eigenvalue weighted by Gasteiger charge is -2.27. The van der Waals surface area contributed by atoms with E-state index in [-0.39, 0.29) is 6.10 Å². The van der Waals surface area contributed by atoms with Crippen molar-refractivity contribution in [2.75, 3.05) is 13.7 Å². The molecule has 0 spiro atoms. The second-order valence-corrected chi connectivity index (χ2v) is 5.03. The standard InChI is InChI=1S/C17H29NO/c1-4-6-7-11-14-16(18-3)17(19-5-2)15-12-9-8-10-13-15/h8-10,12-13,16-18H,4-7,11,14H2,1-3H3.